The molecule has 2 amide bonds. The summed E-state index contributed by atoms with van der Waals surface area (Å²) in [7, 11) is 3.52. The molecule has 1 unspecified atom stereocenters. The van der Waals surface area contributed by atoms with Crippen molar-refractivity contribution < 1.29 is 19.1 Å². The average Bonchev–Trinajstić information content (AvgIpc) is 2.72. The molecule has 32 heavy (non-hydrogen) atoms. The van der Waals surface area contributed by atoms with Gasteiger partial charge in [-0.15, -0.1) is 0 Å². The maximum absolute atomic E-state index is 13.5. The van der Waals surface area contributed by atoms with E-state index in [4.69, 9.17) is 10.5 Å². The first kappa shape index (κ1) is 26.0. The van der Waals surface area contributed by atoms with Gasteiger partial charge in [0.2, 0.25) is 11.8 Å². The summed E-state index contributed by atoms with van der Waals surface area (Å²) in [5.41, 5.74) is 7.97. The molecule has 1 aromatic carbocycles. The molecule has 178 valence electrons. The first-order chi connectivity index (χ1) is 14.9. The molecule has 3 atom stereocenters. The Balaban J connectivity index is 2.11. The van der Waals surface area contributed by atoms with Crippen LogP contribution >= 0.6 is 0 Å². The SMILES string of the molecule is CN(C)NC(=O)[C@@]1(C)CCCC(C(=O)[C@@H](COCc2ccccc2)NC(=O)C(C)(C)N)C1. The van der Waals surface area contributed by atoms with Crippen molar-refractivity contribution in [1.29, 1.82) is 0 Å². The molecule has 4 N–H and O–H groups in total. The summed E-state index contributed by atoms with van der Waals surface area (Å²) in [5.74, 6) is -0.959. The van der Waals surface area contributed by atoms with Crippen LogP contribution in [0.15, 0.2) is 30.3 Å². The lowest BCUT2D eigenvalue weighted by Gasteiger charge is -2.38. The smallest absolute Gasteiger partial charge is 0.240 e. The number of nitrogens with zero attached hydrogens (tertiary/aromatic N) is 1. The Morgan fingerprint density at radius 3 is 2.50 bits per heavy atom. The van der Waals surface area contributed by atoms with Gasteiger partial charge >= 0.3 is 0 Å². The van der Waals surface area contributed by atoms with Gasteiger partial charge in [-0.1, -0.05) is 43.7 Å². The van der Waals surface area contributed by atoms with Gasteiger partial charge in [0.1, 0.15) is 6.04 Å². The van der Waals surface area contributed by atoms with Gasteiger partial charge in [-0.05, 0) is 38.7 Å². The van der Waals surface area contributed by atoms with Gasteiger partial charge in [0.25, 0.3) is 0 Å². The summed E-state index contributed by atoms with van der Waals surface area (Å²) in [4.78, 5) is 38.7. The Hall–Kier alpha value is -2.29. The van der Waals surface area contributed by atoms with E-state index < -0.39 is 22.9 Å². The molecule has 1 saturated carbocycles. The van der Waals surface area contributed by atoms with Crippen molar-refractivity contribution in [2.24, 2.45) is 17.1 Å². The Bertz CT molecular complexity index is 791. The van der Waals surface area contributed by atoms with Gasteiger partial charge in [-0.3, -0.25) is 19.8 Å². The number of hydrogen-bond acceptors (Lipinski definition) is 6. The van der Waals surface area contributed by atoms with Gasteiger partial charge in [0.05, 0.1) is 18.8 Å². The second-order valence-corrected chi connectivity index (χ2v) is 9.84. The van der Waals surface area contributed by atoms with E-state index in [1.807, 2.05) is 37.3 Å². The summed E-state index contributed by atoms with van der Waals surface area (Å²) in [6.07, 6.45) is 2.60. The highest BCUT2D eigenvalue weighted by Crippen LogP contribution is 2.40. The predicted octanol–water partition coefficient (Wildman–Crippen LogP) is 1.78. The van der Waals surface area contributed by atoms with E-state index in [1.54, 1.807) is 33.0 Å². The van der Waals surface area contributed by atoms with E-state index in [2.05, 4.69) is 10.7 Å². The average molecular weight is 447 g/mol. The molecule has 1 fully saturated rings. The van der Waals surface area contributed by atoms with Crippen LogP contribution < -0.4 is 16.5 Å². The van der Waals surface area contributed by atoms with Gasteiger partial charge in [0, 0.05) is 25.4 Å². The highest BCUT2D eigenvalue weighted by atomic mass is 16.5. The van der Waals surface area contributed by atoms with Crippen LogP contribution in [0.5, 0.6) is 0 Å². The summed E-state index contributed by atoms with van der Waals surface area (Å²) in [6, 6.07) is 8.82. The molecule has 0 saturated heterocycles. The topological polar surface area (TPSA) is 114 Å². The fourth-order valence-corrected chi connectivity index (χ4v) is 3.97. The third-order valence-corrected chi connectivity index (χ3v) is 5.88. The highest BCUT2D eigenvalue weighted by Gasteiger charge is 2.43. The number of amides is 2. The highest BCUT2D eigenvalue weighted by molar-refractivity contribution is 5.94. The van der Waals surface area contributed by atoms with Crippen molar-refractivity contribution in [2.75, 3.05) is 20.7 Å². The van der Waals surface area contributed by atoms with Gasteiger partial charge < -0.3 is 15.8 Å². The number of nitrogens with one attached hydrogen (secondary N) is 2. The maximum atomic E-state index is 13.5. The first-order valence-electron chi connectivity index (χ1n) is 11.2. The molecule has 8 heteroatoms. The molecule has 0 bridgehead atoms. The summed E-state index contributed by atoms with van der Waals surface area (Å²) < 4.78 is 5.80. The Morgan fingerprint density at radius 2 is 1.91 bits per heavy atom. The van der Waals surface area contributed by atoms with Crippen LogP contribution in [-0.4, -0.2) is 54.9 Å². The van der Waals surface area contributed by atoms with Crippen LogP contribution in [-0.2, 0) is 25.7 Å². The number of benzene rings is 1. The number of hydrazine groups is 1. The molecule has 1 aliphatic rings. The van der Waals surface area contributed by atoms with E-state index in [-0.39, 0.29) is 24.2 Å². The number of ketones is 1. The van der Waals surface area contributed by atoms with E-state index in [0.717, 1.165) is 12.0 Å². The van der Waals surface area contributed by atoms with E-state index in [0.29, 0.717) is 25.9 Å². The lowest BCUT2D eigenvalue weighted by atomic mass is 9.68. The van der Waals surface area contributed by atoms with Crippen molar-refractivity contribution in [2.45, 2.75) is 64.6 Å². The monoisotopic (exact) mass is 446 g/mol. The summed E-state index contributed by atoms with van der Waals surface area (Å²) in [6.45, 7) is 5.47. The third-order valence-electron chi connectivity index (χ3n) is 5.88. The number of Topliss-reactive ketones (excluding diaryl/α,β-unsaturated/α-hetero) is 1. The minimum atomic E-state index is -1.12. The number of carbonyl (C=O) groups is 3. The minimum absolute atomic E-state index is 0.0483. The van der Waals surface area contributed by atoms with Gasteiger partial charge in [-0.25, -0.2) is 5.01 Å². The van der Waals surface area contributed by atoms with Crippen LogP contribution in [0.1, 0.15) is 52.0 Å². The molecule has 1 aromatic rings. The molecule has 0 spiro atoms. The van der Waals surface area contributed by atoms with Crippen molar-refractivity contribution in [1.82, 2.24) is 15.8 Å². The van der Waals surface area contributed by atoms with Crippen molar-refractivity contribution >= 4 is 17.6 Å². The first-order valence-corrected chi connectivity index (χ1v) is 11.2. The summed E-state index contributed by atoms with van der Waals surface area (Å²) >= 11 is 0. The second-order valence-electron chi connectivity index (χ2n) is 9.84. The van der Waals surface area contributed by atoms with Crippen molar-refractivity contribution in [3.63, 3.8) is 0 Å². The zero-order chi connectivity index (χ0) is 23.9. The largest absolute Gasteiger partial charge is 0.374 e. The number of nitrogens with two attached hydrogens (primary N) is 1. The standard InChI is InChI=1S/C24H38N4O4/c1-23(2,25)21(30)26-19(16-32-15-17-10-7-6-8-11-17)20(29)18-12-9-13-24(3,14-18)22(31)27-28(4)5/h6-8,10-11,18-19H,9,12-16,25H2,1-5H3,(H,26,30)(H,27,31)/t18?,19-,24+/m1/s1. The molecule has 1 aliphatic carbocycles. The lowest BCUT2D eigenvalue weighted by molar-refractivity contribution is -0.140. The minimum Gasteiger partial charge on any atom is -0.374 e. The third kappa shape index (κ3) is 7.39. The summed E-state index contributed by atoms with van der Waals surface area (Å²) in [5, 5.41) is 4.40. The Labute approximate surface area is 191 Å². The number of rotatable bonds is 10. The van der Waals surface area contributed by atoms with Crippen LogP contribution in [0, 0.1) is 11.3 Å². The molecular weight excluding hydrogens is 408 g/mol. The van der Waals surface area contributed by atoms with Crippen molar-refractivity contribution in [3.8, 4) is 0 Å². The molecule has 0 aromatic heterocycles. The molecule has 0 radical (unpaired) electrons. The normalized spacial score (nSPS) is 22.3. The molecule has 0 aliphatic heterocycles. The molecular formula is C24H38N4O4. The van der Waals surface area contributed by atoms with E-state index >= 15 is 0 Å². The fourth-order valence-electron chi connectivity index (χ4n) is 3.97. The number of ether oxygens (including phenoxy) is 1. The van der Waals surface area contributed by atoms with Crippen LogP contribution in [0.2, 0.25) is 0 Å². The Morgan fingerprint density at radius 1 is 1.25 bits per heavy atom. The fraction of sp³-hybridized carbons (Fsp3) is 0.625. The Kier molecular flexibility index (Phi) is 8.95. The lowest BCUT2D eigenvalue weighted by Crippen LogP contribution is -2.56. The second kappa shape index (κ2) is 11.0. The number of carbonyl (C=O) groups excluding carboxylic acids is 3. The number of hydrogen-bond donors (Lipinski definition) is 3. The van der Waals surface area contributed by atoms with Crippen LogP contribution in [0.25, 0.3) is 0 Å². The maximum Gasteiger partial charge on any atom is 0.240 e. The van der Waals surface area contributed by atoms with E-state index in [1.165, 1.54) is 0 Å². The molecule has 0 heterocycles. The molecule has 2 rings (SSSR count). The molecule has 8 nitrogen and oxygen atoms in total. The van der Waals surface area contributed by atoms with Crippen LogP contribution in [0.4, 0.5) is 0 Å². The van der Waals surface area contributed by atoms with Crippen LogP contribution in [0.3, 0.4) is 0 Å². The zero-order valence-corrected chi connectivity index (χ0v) is 19.9. The zero-order valence-electron chi connectivity index (χ0n) is 19.9. The van der Waals surface area contributed by atoms with Gasteiger partial charge in [-0.2, -0.15) is 0 Å². The predicted molar refractivity (Wildman–Crippen MR) is 123 cm³/mol. The quantitative estimate of drug-likeness (QED) is 0.472. The van der Waals surface area contributed by atoms with Gasteiger partial charge in [0.15, 0.2) is 5.78 Å². The van der Waals surface area contributed by atoms with Crippen molar-refractivity contribution in [3.05, 3.63) is 35.9 Å². The van der Waals surface area contributed by atoms with E-state index in [9.17, 15) is 14.4 Å².